The fourth-order valence-corrected chi connectivity index (χ4v) is 2.16. The van der Waals surface area contributed by atoms with E-state index in [1.807, 2.05) is 36.1 Å². The van der Waals surface area contributed by atoms with Crippen molar-refractivity contribution in [2.75, 3.05) is 12.4 Å². The standard InChI is InChI=1S/C14H19Cl2NO/c1-2-17(14(18)8-3-4-9-15)11-12-6-5-7-13(16)10-12/h5-7,10H,2-4,8-9,11H2,1H3. The van der Waals surface area contributed by atoms with E-state index in [-0.39, 0.29) is 5.91 Å². The van der Waals surface area contributed by atoms with Gasteiger partial charge in [0.25, 0.3) is 0 Å². The topological polar surface area (TPSA) is 20.3 Å². The van der Waals surface area contributed by atoms with Crippen molar-refractivity contribution < 1.29 is 4.79 Å². The van der Waals surface area contributed by atoms with Crippen LogP contribution in [-0.2, 0) is 11.3 Å². The first kappa shape index (κ1) is 15.3. The van der Waals surface area contributed by atoms with E-state index in [9.17, 15) is 4.79 Å². The van der Waals surface area contributed by atoms with Crippen molar-refractivity contribution in [2.45, 2.75) is 32.7 Å². The van der Waals surface area contributed by atoms with Crippen LogP contribution in [0.4, 0.5) is 0 Å². The molecule has 2 nitrogen and oxygen atoms in total. The second-order valence-corrected chi connectivity index (χ2v) is 5.00. The number of carbonyl (C=O) groups is 1. The van der Waals surface area contributed by atoms with Gasteiger partial charge in [-0.2, -0.15) is 0 Å². The number of nitrogens with zero attached hydrogens (tertiary/aromatic N) is 1. The van der Waals surface area contributed by atoms with Crippen LogP contribution in [0.1, 0.15) is 31.7 Å². The summed E-state index contributed by atoms with van der Waals surface area (Å²) in [4.78, 5) is 13.8. The molecule has 0 saturated heterocycles. The molecule has 0 unspecified atom stereocenters. The number of unbranched alkanes of at least 4 members (excludes halogenated alkanes) is 1. The SMILES string of the molecule is CCN(Cc1cccc(Cl)c1)C(=O)CCCCCl. The number of halogens is 2. The van der Waals surface area contributed by atoms with Crippen LogP contribution in [0.15, 0.2) is 24.3 Å². The number of carbonyl (C=O) groups excluding carboxylic acids is 1. The summed E-state index contributed by atoms with van der Waals surface area (Å²) in [5.41, 5.74) is 1.06. The van der Waals surface area contributed by atoms with Gasteiger partial charge in [-0.1, -0.05) is 23.7 Å². The molecule has 0 fully saturated rings. The summed E-state index contributed by atoms with van der Waals surface area (Å²) in [6.07, 6.45) is 2.32. The highest BCUT2D eigenvalue weighted by atomic mass is 35.5. The molecule has 0 bridgehead atoms. The maximum absolute atomic E-state index is 12.0. The number of hydrogen-bond donors (Lipinski definition) is 0. The summed E-state index contributed by atoms with van der Waals surface area (Å²) in [6.45, 7) is 3.33. The Balaban J connectivity index is 2.53. The van der Waals surface area contributed by atoms with Crippen molar-refractivity contribution >= 4 is 29.1 Å². The first-order valence-corrected chi connectivity index (χ1v) is 7.16. The van der Waals surface area contributed by atoms with E-state index >= 15 is 0 Å². The van der Waals surface area contributed by atoms with Crippen LogP contribution in [0, 0.1) is 0 Å². The van der Waals surface area contributed by atoms with Crippen molar-refractivity contribution in [3.8, 4) is 0 Å². The summed E-state index contributed by atoms with van der Waals surface area (Å²) in [5, 5.41) is 0.707. The zero-order valence-electron chi connectivity index (χ0n) is 10.7. The fourth-order valence-electron chi connectivity index (χ4n) is 1.76. The third-order valence-corrected chi connectivity index (χ3v) is 3.27. The summed E-state index contributed by atoms with van der Waals surface area (Å²) in [5.74, 6) is 0.802. The summed E-state index contributed by atoms with van der Waals surface area (Å²) in [6, 6.07) is 7.63. The number of hydrogen-bond acceptors (Lipinski definition) is 1. The van der Waals surface area contributed by atoms with Crippen LogP contribution in [-0.4, -0.2) is 23.2 Å². The molecule has 1 aromatic carbocycles. The second kappa shape index (κ2) is 8.39. The van der Waals surface area contributed by atoms with Gasteiger partial charge in [-0.15, -0.1) is 11.6 Å². The molecule has 0 N–H and O–H groups in total. The van der Waals surface area contributed by atoms with E-state index in [2.05, 4.69) is 0 Å². The predicted octanol–water partition coefficient (Wildman–Crippen LogP) is 4.10. The molecule has 0 atom stereocenters. The molecule has 1 rings (SSSR count). The lowest BCUT2D eigenvalue weighted by Crippen LogP contribution is -2.30. The van der Waals surface area contributed by atoms with Gasteiger partial charge >= 0.3 is 0 Å². The average Bonchev–Trinajstić information content (AvgIpc) is 2.36. The lowest BCUT2D eigenvalue weighted by atomic mass is 10.2. The number of alkyl halides is 1. The Morgan fingerprint density at radius 2 is 2.11 bits per heavy atom. The maximum atomic E-state index is 12.0. The van der Waals surface area contributed by atoms with E-state index in [0.29, 0.717) is 30.4 Å². The third kappa shape index (κ3) is 5.28. The van der Waals surface area contributed by atoms with Crippen LogP contribution in [0.5, 0.6) is 0 Å². The lowest BCUT2D eigenvalue weighted by Gasteiger charge is -2.21. The minimum absolute atomic E-state index is 0.183. The van der Waals surface area contributed by atoms with Gasteiger partial charge in [0.15, 0.2) is 0 Å². The molecule has 0 aromatic heterocycles. The number of benzene rings is 1. The molecule has 1 aromatic rings. The van der Waals surface area contributed by atoms with Crippen molar-refractivity contribution in [2.24, 2.45) is 0 Å². The van der Waals surface area contributed by atoms with E-state index in [1.165, 1.54) is 0 Å². The Kier molecular flexibility index (Phi) is 7.14. The highest BCUT2D eigenvalue weighted by Crippen LogP contribution is 2.13. The molecular weight excluding hydrogens is 269 g/mol. The van der Waals surface area contributed by atoms with E-state index in [1.54, 1.807) is 0 Å². The molecule has 100 valence electrons. The lowest BCUT2D eigenvalue weighted by molar-refractivity contribution is -0.131. The van der Waals surface area contributed by atoms with E-state index in [0.717, 1.165) is 18.4 Å². The molecule has 4 heteroatoms. The van der Waals surface area contributed by atoms with Crippen LogP contribution >= 0.6 is 23.2 Å². The fraction of sp³-hybridized carbons (Fsp3) is 0.500. The Morgan fingerprint density at radius 1 is 1.33 bits per heavy atom. The molecule has 0 radical (unpaired) electrons. The maximum Gasteiger partial charge on any atom is 0.222 e. The van der Waals surface area contributed by atoms with Gasteiger partial charge in [-0.25, -0.2) is 0 Å². The van der Waals surface area contributed by atoms with Gasteiger partial charge in [-0.3, -0.25) is 4.79 Å². The second-order valence-electron chi connectivity index (χ2n) is 4.18. The first-order chi connectivity index (χ1) is 8.67. The summed E-state index contributed by atoms with van der Waals surface area (Å²) < 4.78 is 0. The zero-order chi connectivity index (χ0) is 13.4. The van der Waals surface area contributed by atoms with Crippen molar-refractivity contribution in [3.63, 3.8) is 0 Å². The molecule has 18 heavy (non-hydrogen) atoms. The minimum atomic E-state index is 0.183. The van der Waals surface area contributed by atoms with Gasteiger partial charge in [0.2, 0.25) is 5.91 Å². The van der Waals surface area contributed by atoms with Crippen molar-refractivity contribution in [1.82, 2.24) is 4.90 Å². The highest BCUT2D eigenvalue weighted by Gasteiger charge is 2.11. The van der Waals surface area contributed by atoms with Gasteiger partial charge in [0.1, 0.15) is 0 Å². The molecule has 0 saturated carbocycles. The molecule has 0 heterocycles. The first-order valence-electron chi connectivity index (χ1n) is 6.25. The van der Waals surface area contributed by atoms with Crippen LogP contribution in [0.25, 0.3) is 0 Å². The van der Waals surface area contributed by atoms with E-state index in [4.69, 9.17) is 23.2 Å². The smallest absolute Gasteiger partial charge is 0.222 e. The van der Waals surface area contributed by atoms with Crippen LogP contribution in [0.3, 0.4) is 0 Å². The van der Waals surface area contributed by atoms with Gasteiger partial charge in [0, 0.05) is 30.4 Å². The predicted molar refractivity (Wildman–Crippen MR) is 77.1 cm³/mol. The van der Waals surface area contributed by atoms with Crippen molar-refractivity contribution in [3.05, 3.63) is 34.9 Å². The van der Waals surface area contributed by atoms with Gasteiger partial charge < -0.3 is 4.90 Å². The van der Waals surface area contributed by atoms with Crippen molar-refractivity contribution in [1.29, 1.82) is 0 Å². The quantitative estimate of drug-likeness (QED) is 0.546. The zero-order valence-corrected chi connectivity index (χ0v) is 12.2. The Labute approximate surface area is 119 Å². The number of rotatable bonds is 7. The number of amides is 1. The van der Waals surface area contributed by atoms with Gasteiger partial charge in [0.05, 0.1) is 0 Å². The van der Waals surface area contributed by atoms with E-state index < -0.39 is 0 Å². The summed E-state index contributed by atoms with van der Waals surface area (Å²) in [7, 11) is 0. The molecule has 0 aliphatic carbocycles. The molecule has 0 aliphatic rings. The molecule has 0 aliphatic heterocycles. The normalized spacial score (nSPS) is 10.4. The molecule has 0 spiro atoms. The minimum Gasteiger partial charge on any atom is -0.339 e. The Morgan fingerprint density at radius 3 is 2.72 bits per heavy atom. The Hall–Kier alpha value is -0.730. The molecular formula is C14H19Cl2NO. The van der Waals surface area contributed by atoms with Gasteiger partial charge in [-0.05, 0) is 37.5 Å². The summed E-state index contributed by atoms with van der Waals surface area (Å²) >= 11 is 11.5. The monoisotopic (exact) mass is 287 g/mol. The molecule has 1 amide bonds. The average molecular weight is 288 g/mol. The van der Waals surface area contributed by atoms with Crippen LogP contribution < -0.4 is 0 Å². The van der Waals surface area contributed by atoms with Crippen LogP contribution in [0.2, 0.25) is 5.02 Å². The third-order valence-electron chi connectivity index (χ3n) is 2.77. The highest BCUT2D eigenvalue weighted by molar-refractivity contribution is 6.30. The largest absolute Gasteiger partial charge is 0.339 e. The Bertz CT molecular complexity index is 382.